The molecule has 1 aromatic carbocycles. The fourth-order valence-electron chi connectivity index (χ4n) is 3.63. The van der Waals surface area contributed by atoms with Gasteiger partial charge in [0.15, 0.2) is 17.3 Å². The number of aryl methyl sites for hydroxylation is 1. The number of carbonyl (C=O) groups is 1. The molecule has 1 aliphatic rings. The molecule has 0 aliphatic heterocycles. The average molecular weight is 404 g/mol. The van der Waals surface area contributed by atoms with Crippen molar-refractivity contribution in [1.82, 2.24) is 4.98 Å². The zero-order chi connectivity index (χ0) is 20.1. The third-order valence-electron chi connectivity index (χ3n) is 5.19. The van der Waals surface area contributed by atoms with Gasteiger partial charge in [-0.1, -0.05) is 18.0 Å². The maximum atomic E-state index is 13.1. The fraction of sp³-hybridized carbons (Fsp3) is 0.455. The minimum absolute atomic E-state index is 0.0933. The summed E-state index contributed by atoms with van der Waals surface area (Å²) < 4.78 is 17.3. The van der Waals surface area contributed by atoms with Crippen molar-refractivity contribution in [2.24, 2.45) is 0 Å². The van der Waals surface area contributed by atoms with Crippen LogP contribution in [0.3, 0.4) is 0 Å². The molecule has 0 unspecified atom stereocenters. The number of methoxy groups -OCH3 is 2. The van der Waals surface area contributed by atoms with Crippen LogP contribution in [0.1, 0.15) is 53.6 Å². The van der Waals surface area contributed by atoms with E-state index < -0.39 is 0 Å². The van der Waals surface area contributed by atoms with Gasteiger partial charge >= 0.3 is 0 Å². The molecule has 5 nitrogen and oxygen atoms in total. The summed E-state index contributed by atoms with van der Waals surface area (Å²) in [6.45, 7) is 1.89. The number of ketones is 1. The number of nitrogens with zero attached hydrogens (tertiary/aromatic N) is 1. The second kappa shape index (κ2) is 9.28. The first-order valence-electron chi connectivity index (χ1n) is 9.59. The van der Waals surface area contributed by atoms with Crippen LogP contribution in [0.15, 0.2) is 24.5 Å². The number of aromatic nitrogens is 1. The van der Waals surface area contributed by atoms with E-state index >= 15 is 0 Å². The molecule has 150 valence electrons. The molecule has 0 saturated heterocycles. The van der Waals surface area contributed by atoms with E-state index in [1.807, 2.05) is 6.92 Å². The van der Waals surface area contributed by atoms with Crippen LogP contribution in [-0.4, -0.2) is 31.1 Å². The van der Waals surface area contributed by atoms with Crippen LogP contribution in [0.25, 0.3) is 0 Å². The molecule has 0 bridgehead atoms. The Morgan fingerprint density at radius 1 is 1.11 bits per heavy atom. The lowest BCUT2D eigenvalue weighted by Gasteiger charge is -2.25. The first-order chi connectivity index (χ1) is 13.5. The molecule has 2 aromatic rings. The van der Waals surface area contributed by atoms with Crippen LogP contribution in [0.5, 0.6) is 17.2 Å². The lowest BCUT2D eigenvalue weighted by atomic mass is 9.97. The number of halogens is 1. The Morgan fingerprint density at radius 2 is 1.86 bits per heavy atom. The number of hydrogen-bond acceptors (Lipinski definition) is 5. The molecule has 3 rings (SSSR count). The van der Waals surface area contributed by atoms with Crippen molar-refractivity contribution in [3.05, 3.63) is 46.2 Å². The number of hydrogen-bond donors (Lipinski definition) is 0. The first-order valence-corrected chi connectivity index (χ1v) is 9.96. The maximum Gasteiger partial charge on any atom is 0.204 e. The zero-order valence-corrected chi connectivity index (χ0v) is 17.3. The van der Waals surface area contributed by atoms with Gasteiger partial charge in [-0.05, 0) is 55.9 Å². The Morgan fingerprint density at radius 3 is 2.50 bits per heavy atom. The Bertz CT molecular complexity index is 826. The summed E-state index contributed by atoms with van der Waals surface area (Å²) >= 11 is 6.25. The normalized spacial score (nSPS) is 14.6. The van der Waals surface area contributed by atoms with Gasteiger partial charge in [-0.25, -0.2) is 0 Å². The fourth-order valence-corrected chi connectivity index (χ4v) is 3.90. The monoisotopic (exact) mass is 403 g/mol. The van der Waals surface area contributed by atoms with Gasteiger partial charge in [-0.2, -0.15) is 0 Å². The van der Waals surface area contributed by atoms with Crippen molar-refractivity contribution in [3.63, 3.8) is 0 Å². The Hall–Kier alpha value is -2.27. The molecule has 1 heterocycles. The molecule has 0 amide bonds. The van der Waals surface area contributed by atoms with Gasteiger partial charge in [0.1, 0.15) is 0 Å². The highest BCUT2D eigenvalue weighted by molar-refractivity contribution is 6.31. The maximum absolute atomic E-state index is 13.1. The lowest BCUT2D eigenvalue weighted by molar-refractivity contribution is 0.0986. The number of Topliss-reactive ketones (excluding diaryl/α,β-unsaturated/α-hetero) is 1. The second-order valence-corrected chi connectivity index (χ2v) is 7.48. The summed E-state index contributed by atoms with van der Waals surface area (Å²) in [6, 6.07) is 3.48. The van der Waals surface area contributed by atoms with Crippen molar-refractivity contribution in [3.8, 4) is 17.2 Å². The Labute approximate surface area is 171 Å². The average Bonchev–Trinajstić information content (AvgIpc) is 2.71. The Balaban J connectivity index is 1.94. The molecule has 28 heavy (non-hydrogen) atoms. The predicted octanol–water partition coefficient (Wildman–Crippen LogP) is 5.20. The molecule has 0 N–H and O–H groups in total. The SMILES string of the molecule is COc1ccc(C(=O)Cc2c(C)cncc2Cl)c(OC)c1OC1CCCCC1. The highest BCUT2D eigenvalue weighted by Crippen LogP contribution is 2.42. The minimum Gasteiger partial charge on any atom is -0.493 e. The van der Waals surface area contributed by atoms with Crippen molar-refractivity contribution >= 4 is 17.4 Å². The van der Waals surface area contributed by atoms with Crippen molar-refractivity contribution in [2.75, 3.05) is 14.2 Å². The third-order valence-corrected chi connectivity index (χ3v) is 5.52. The molecule has 6 heteroatoms. The van der Waals surface area contributed by atoms with E-state index in [4.69, 9.17) is 25.8 Å². The molecule has 0 radical (unpaired) electrons. The summed E-state index contributed by atoms with van der Waals surface area (Å²) in [6.07, 6.45) is 9.06. The molecule has 1 saturated carbocycles. The molecule has 1 aliphatic carbocycles. The highest BCUT2D eigenvalue weighted by Gasteiger charge is 2.25. The van der Waals surface area contributed by atoms with Gasteiger partial charge in [0.25, 0.3) is 0 Å². The summed E-state index contributed by atoms with van der Waals surface area (Å²) in [5.41, 5.74) is 2.11. The summed E-state index contributed by atoms with van der Waals surface area (Å²) in [7, 11) is 3.13. The number of carbonyl (C=O) groups excluding carboxylic acids is 1. The molecule has 0 spiro atoms. The Kier molecular flexibility index (Phi) is 6.79. The van der Waals surface area contributed by atoms with Gasteiger partial charge in [-0.3, -0.25) is 9.78 Å². The van der Waals surface area contributed by atoms with E-state index in [1.165, 1.54) is 6.42 Å². The van der Waals surface area contributed by atoms with Crippen LogP contribution in [0.4, 0.5) is 0 Å². The number of pyridine rings is 1. The standard InChI is InChI=1S/C22H26ClNO4/c1-14-12-24-13-18(23)17(14)11-19(25)16-9-10-20(26-2)22(21(16)27-3)28-15-7-5-4-6-8-15/h9-10,12-13,15H,4-8,11H2,1-3H3. The van der Waals surface area contributed by atoms with Gasteiger partial charge in [0.2, 0.25) is 5.75 Å². The van der Waals surface area contributed by atoms with E-state index in [9.17, 15) is 4.79 Å². The third kappa shape index (κ3) is 4.41. The highest BCUT2D eigenvalue weighted by atomic mass is 35.5. The first kappa shape index (κ1) is 20.5. The van der Waals surface area contributed by atoms with Crippen molar-refractivity contribution in [2.45, 2.75) is 51.6 Å². The molecular weight excluding hydrogens is 378 g/mol. The van der Waals surface area contributed by atoms with E-state index in [0.29, 0.717) is 27.8 Å². The van der Waals surface area contributed by atoms with E-state index in [1.54, 1.807) is 38.7 Å². The van der Waals surface area contributed by atoms with E-state index in [0.717, 1.165) is 36.8 Å². The van der Waals surface area contributed by atoms with Crippen molar-refractivity contribution in [1.29, 1.82) is 0 Å². The van der Waals surface area contributed by atoms with Gasteiger partial charge < -0.3 is 14.2 Å². The molecule has 1 aromatic heterocycles. The topological polar surface area (TPSA) is 57.7 Å². The van der Waals surface area contributed by atoms with Crippen LogP contribution in [-0.2, 0) is 6.42 Å². The van der Waals surface area contributed by atoms with Crippen LogP contribution in [0.2, 0.25) is 5.02 Å². The minimum atomic E-state index is -0.0933. The van der Waals surface area contributed by atoms with E-state index in [2.05, 4.69) is 4.98 Å². The van der Waals surface area contributed by atoms with Crippen molar-refractivity contribution < 1.29 is 19.0 Å². The summed E-state index contributed by atoms with van der Waals surface area (Å²) in [5.74, 6) is 1.39. The molecule has 1 fully saturated rings. The molecular formula is C22H26ClNO4. The zero-order valence-electron chi connectivity index (χ0n) is 16.6. The number of ether oxygens (including phenoxy) is 3. The summed E-state index contributed by atoms with van der Waals surface area (Å²) in [5, 5.41) is 0.486. The van der Waals surface area contributed by atoms with Gasteiger partial charge in [0.05, 0.1) is 30.9 Å². The van der Waals surface area contributed by atoms with Gasteiger partial charge in [0, 0.05) is 18.8 Å². The van der Waals surface area contributed by atoms with Crippen LogP contribution < -0.4 is 14.2 Å². The largest absolute Gasteiger partial charge is 0.493 e. The van der Waals surface area contributed by atoms with Crippen LogP contribution in [0, 0.1) is 6.92 Å². The van der Waals surface area contributed by atoms with Gasteiger partial charge in [-0.15, -0.1) is 0 Å². The quantitative estimate of drug-likeness (QED) is 0.595. The van der Waals surface area contributed by atoms with E-state index in [-0.39, 0.29) is 18.3 Å². The predicted molar refractivity (Wildman–Crippen MR) is 109 cm³/mol. The lowest BCUT2D eigenvalue weighted by Crippen LogP contribution is -2.21. The van der Waals surface area contributed by atoms with Crippen LogP contribution >= 0.6 is 11.6 Å². The smallest absolute Gasteiger partial charge is 0.204 e. The summed E-state index contributed by atoms with van der Waals surface area (Å²) in [4.78, 5) is 17.1. The number of rotatable bonds is 7. The second-order valence-electron chi connectivity index (χ2n) is 7.07. The number of benzene rings is 1. The molecule has 0 atom stereocenters.